The molecule has 0 amide bonds. The molecular formula is C26H23N5O2. The predicted octanol–water partition coefficient (Wildman–Crippen LogP) is 5.30. The molecule has 2 aromatic heterocycles. The molecule has 33 heavy (non-hydrogen) atoms. The summed E-state index contributed by atoms with van der Waals surface area (Å²) in [6.45, 7) is 0.629. The Hall–Kier alpha value is -4.39. The number of hydrogen-bond acceptors (Lipinski definition) is 6. The minimum absolute atomic E-state index is 0.617. The highest BCUT2D eigenvalue weighted by Crippen LogP contribution is 2.32. The van der Waals surface area contributed by atoms with Crippen molar-refractivity contribution in [1.29, 1.82) is 0 Å². The average molecular weight is 438 g/mol. The smallest absolute Gasteiger partial charge is 0.166 e. The molecule has 0 spiro atoms. The highest BCUT2D eigenvalue weighted by atomic mass is 16.5. The van der Waals surface area contributed by atoms with Crippen molar-refractivity contribution in [2.75, 3.05) is 19.5 Å². The number of aromatic nitrogens is 4. The van der Waals surface area contributed by atoms with E-state index < -0.39 is 0 Å². The zero-order valence-corrected chi connectivity index (χ0v) is 18.4. The summed E-state index contributed by atoms with van der Waals surface area (Å²) in [4.78, 5) is 14.1. The fourth-order valence-corrected chi connectivity index (χ4v) is 3.78. The topological polar surface area (TPSA) is 74.1 Å². The lowest BCUT2D eigenvalue weighted by atomic mass is 10.2. The van der Waals surface area contributed by atoms with Crippen LogP contribution in [0.1, 0.15) is 5.56 Å². The molecule has 5 aromatic rings. The Kier molecular flexibility index (Phi) is 5.59. The Labute approximate surface area is 191 Å². The van der Waals surface area contributed by atoms with Gasteiger partial charge in [0, 0.05) is 5.56 Å². The van der Waals surface area contributed by atoms with E-state index >= 15 is 0 Å². The maximum Gasteiger partial charge on any atom is 0.166 e. The predicted molar refractivity (Wildman–Crippen MR) is 129 cm³/mol. The number of benzene rings is 3. The van der Waals surface area contributed by atoms with Crippen LogP contribution in [0.4, 0.5) is 11.5 Å². The van der Waals surface area contributed by atoms with Crippen molar-refractivity contribution in [3.8, 4) is 22.9 Å². The standard InChI is InChI=1S/C26H23N5O2/c1-32-20-14-12-19(13-15-20)25-30-23-24(29-21-10-6-7-11-22(21)33-2)27-17-28-26(23)31(25)16-18-8-4-3-5-9-18/h3-15,17H,16H2,1-2H3,(H,27,28,29). The maximum absolute atomic E-state index is 5.49. The molecule has 0 radical (unpaired) electrons. The van der Waals surface area contributed by atoms with Crippen molar-refractivity contribution in [2.45, 2.75) is 6.54 Å². The Morgan fingerprint density at radius 3 is 2.33 bits per heavy atom. The van der Waals surface area contributed by atoms with Gasteiger partial charge in [0.2, 0.25) is 0 Å². The van der Waals surface area contributed by atoms with Crippen LogP contribution in [0.2, 0.25) is 0 Å². The van der Waals surface area contributed by atoms with E-state index in [0.717, 1.165) is 39.8 Å². The second kappa shape index (κ2) is 9.00. The first-order chi connectivity index (χ1) is 16.3. The monoisotopic (exact) mass is 437 g/mol. The lowest BCUT2D eigenvalue weighted by molar-refractivity contribution is 0.415. The summed E-state index contributed by atoms with van der Waals surface area (Å²) in [5.41, 5.74) is 4.36. The van der Waals surface area contributed by atoms with Crippen molar-refractivity contribution >= 4 is 22.7 Å². The molecule has 7 heteroatoms. The Balaban J connectivity index is 1.65. The summed E-state index contributed by atoms with van der Waals surface area (Å²) in [6.07, 6.45) is 1.56. The van der Waals surface area contributed by atoms with E-state index in [9.17, 15) is 0 Å². The lowest BCUT2D eigenvalue weighted by Gasteiger charge is -2.11. The fraction of sp³-hybridized carbons (Fsp3) is 0.115. The van der Waals surface area contributed by atoms with Gasteiger partial charge in [0.1, 0.15) is 23.7 Å². The molecule has 164 valence electrons. The minimum Gasteiger partial charge on any atom is -0.497 e. The number of nitrogens with one attached hydrogen (secondary N) is 1. The van der Waals surface area contributed by atoms with Crippen LogP contribution < -0.4 is 14.8 Å². The largest absolute Gasteiger partial charge is 0.497 e. The third kappa shape index (κ3) is 4.08. The highest BCUT2D eigenvalue weighted by molar-refractivity contribution is 5.89. The van der Waals surface area contributed by atoms with Gasteiger partial charge in [0.15, 0.2) is 17.0 Å². The van der Waals surface area contributed by atoms with E-state index in [-0.39, 0.29) is 0 Å². The van der Waals surface area contributed by atoms with Gasteiger partial charge in [-0.05, 0) is 42.0 Å². The van der Waals surface area contributed by atoms with Crippen LogP contribution in [-0.2, 0) is 6.54 Å². The molecule has 0 saturated heterocycles. The fourth-order valence-electron chi connectivity index (χ4n) is 3.78. The van der Waals surface area contributed by atoms with Crippen LogP contribution in [0, 0.1) is 0 Å². The normalized spacial score (nSPS) is 10.8. The number of para-hydroxylation sites is 2. The van der Waals surface area contributed by atoms with Crippen molar-refractivity contribution in [2.24, 2.45) is 0 Å². The van der Waals surface area contributed by atoms with Gasteiger partial charge >= 0.3 is 0 Å². The summed E-state index contributed by atoms with van der Waals surface area (Å²) >= 11 is 0. The molecular weight excluding hydrogens is 414 g/mol. The van der Waals surface area contributed by atoms with E-state index in [4.69, 9.17) is 14.5 Å². The van der Waals surface area contributed by atoms with Gasteiger partial charge in [0.05, 0.1) is 26.5 Å². The van der Waals surface area contributed by atoms with Gasteiger partial charge in [-0.2, -0.15) is 0 Å². The zero-order chi connectivity index (χ0) is 22.6. The summed E-state index contributed by atoms with van der Waals surface area (Å²) in [5.74, 6) is 2.94. The van der Waals surface area contributed by atoms with Crippen LogP contribution in [0.15, 0.2) is 85.2 Å². The third-order valence-electron chi connectivity index (χ3n) is 5.42. The maximum atomic E-state index is 5.49. The summed E-state index contributed by atoms with van der Waals surface area (Å²) in [7, 11) is 3.30. The van der Waals surface area contributed by atoms with Gasteiger partial charge in [-0.25, -0.2) is 15.0 Å². The number of methoxy groups -OCH3 is 2. The van der Waals surface area contributed by atoms with E-state index in [1.165, 1.54) is 0 Å². The molecule has 0 aliphatic carbocycles. The first-order valence-electron chi connectivity index (χ1n) is 10.6. The molecule has 5 rings (SSSR count). The number of ether oxygens (including phenoxy) is 2. The van der Waals surface area contributed by atoms with E-state index in [1.807, 2.05) is 66.7 Å². The molecule has 7 nitrogen and oxygen atoms in total. The van der Waals surface area contributed by atoms with Gasteiger partial charge < -0.3 is 19.4 Å². The Bertz CT molecular complexity index is 1380. The molecule has 0 saturated carbocycles. The quantitative estimate of drug-likeness (QED) is 0.372. The van der Waals surface area contributed by atoms with Crippen LogP contribution in [-0.4, -0.2) is 33.7 Å². The molecule has 3 aromatic carbocycles. The molecule has 0 aliphatic rings. The van der Waals surface area contributed by atoms with Crippen molar-refractivity contribution in [3.05, 3.63) is 90.8 Å². The van der Waals surface area contributed by atoms with Crippen molar-refractivity contribution in [1.82, 2.24) is 19.5 Å². The van der Waals surface area contributed by atoms with Crippen LogP contribution in [0.25, 0.3) is 22.6 Å². The minimum atomic E-state index is 0.617. The first-order valence-corrected chi connectivity index (χ1v) is 10.6. The lowest BCUT2D eigenvalue weighted by Crippen LogP contribution is -2.04. The van der Waals surface area contributed by atoms with Crippen LogP contribution >= 0.6 is 0 Å². The summed E-state index contributed by atoms with van der Waals surface area (Å²) in [5, 5.41) is 3.37. The Morgan fingerprint density at radius 1 is 0.818 bits per heavy atom. The summed E-state index contributed by atoms with van der Waals surface area (Å²) in [6, 6.07) is 25.9. The van der Waals surface area contributed by atoms with Gasteiger partial charge in [-0.15, -0.1) is 0 Å². The SMILES string of the molecule is COc1ccc(-c2nc3c(Nc4ccccc4OC)ncnc3n2Cc2ccccc2)cc1. The number of nitrogens with zero attached hydrogens (tertiary/aromatic N) is 4. The van der Waals surface area contributed by atoms with Crippen molar-refractivity contribution < 1.29 is 9.47 Å². The molecule has 0 fully saturated rings. The third-order valence-corrected chi connectivity index (χ3v) is 5.42. The van der Waals surface area contributed by atoms with E-state index in [0.29, 0.717) is 17.9 Å². The number of rotatable bonds is 7. The number of imidazole rings is 1. The number of hydrogen-bond donors (Lipinski definition) is 1. The van der Waals surface area contributed by atoms with E-state index in [2.05, 4.69) is 32.0 Å². The molecule has 1 N–H and O–H groups in total. The molecule has 0 atom stereocenters. The molecule has 0 aliphatic heterocycles. The Morgan fingerprint density at radius 2 is 1.58 bits per heavy atom. The molecule has 2 heterocycles. The first kappa shape index (κ1) is 20.5. The van der Waals surface area contributed by atoms with Gasteiger partial charge in [-0.1, -0.05) is 42.5 Å². The second-order valence-corrected chi connectivity index (χ2v) is 7.46. The highest BCUT2D eigenvalue weighted by Gasteiger charge is 2.18. The molecule has 0 bridgehead atoms. The number of fused-ring (bicyclic) bond motifs is 1. The van der Waals surface area contributed by atoms with Crippen LogP contribution in [0.3, 0.4) is 0 Å². The van der Waals surface area contributed by atoms with Crippen molar-refractivity contribution in [3.63, 3.8) is 0 Å². The average Bonchev–Trinajstić information content (AvgIpc) is 3.24. The molecule has 0 unspecified atom stereocenters. The number of anilines is 2. The summed E-state index contributed by atoms with van der Waals surface area (Å²) < 4.78 is 12.9. The van der Waals surface area contributed by atoms with Gasteiger partial charge in [-0.3, -0.25) is 0 Å². The second-order valence-electron chi connectivity index (χ2n) is 7.46. The van der Waals surface area contributed by atoms with E-state index in [1.54, 1.807) is 20.5 Å². The van der Waals surface area contributed by atoms with Crippen LogP contribution in [0.5, 0.6) is 11.5 Å². The van der Waals surface area contributed by atoms with Gasteiger partial charge in [0.25, 0.3) is 0 Å². The zero-order valence-electron chi connectivity index (χ0n) is 18.4.